The Balaban J connectivity index is 4.26. The molecule has 1 unspecified atom stereocenters. The van der Waals surface area contributed by atoms with Crippen molar-refractivity contribution in [3.63, 3.8) is 0 Å². The van der Waals surface area contributed by atoms with Crippen molar-refractivity contribution >= 4 is 13.8 Å². The lowest BCUT2D eigenvalue weighted by Gasteiger charge is -2.11. The third-order valence-electron chi connectivity index (χ3n) is 1.85. The Kier molecular flexibility index (Phi) is 6.48. The molecular weight excluding hydrogens is 219 g/mol. The van der Waals surface area contributed by atoms with Crippen molar-refractivity contribution in [1.82, 2.24) is 0 Å². The van der Waals surface area contributed by atoms with E-state index in [2.05, 4.69) is 13.6 Å². The summed E-state index contributed by atoms with van der Waals surface area (Å²) in [4.78, 5) is 11.2. The number of phosphoric acid groups is 1. The number of phosphoric ester groups is 1. The third-order valence-corrected chi connectivity index (χ3v) is 3.15. The molecule has 0 aliphatic rings. The quantitative estimate of drug-likeness (QED) is 0.523. The summed E-state index contributed by atoms with van der Waals surface area (Å²) in [5.41, 5.74) is 0. The number of allylic oxidation sites excluding steroid dienone is 1. The Morgan fingerprint density at radius 3 is 2.33 bits per heavy atom. The van der Waals surface area contributed by atoms with Crippen molar-refractivity contribution in [2.45, 2.75) is 20.3 Å². The van der Waals surface area contributed by atoms with Crippen LogP contribution in [-0.4, -0.2) is 20.2 Å². The summed E-state index contributed by atoms with van der Waals surface area (Å²) in [6, 6.07) is 0. The Morgan fingerprint density at radius 1 is 1.40 bits per heavy atom. The van der Waals surface area contributed by atoms with Crippen LogP contribution in [0.2, 0.25) is 0 Å². The number of hydrogen-bond acceptors (Lipinski definition) is 5. The van der Waals surface area contributed by atoms with E-state index in [1.165, 1.54) is 6.08 Å². The summed E-state index contributed by atoms with van der Waals surface area (Å²) in [5.74, 6) is -0.468. The van der Waals surface area contributed by atoms with Gasteiger partial charge in [0.25, 0.3) is 0 Å². The van der Waals surface area contributed by atoms with Crippen LogP contribution in [0.3, 0.4) is 0 Å². The van der Waals surface area contributed by atoms with Gasteiger partial charge in [0, 0.05) is 20.3 Å². The minimum atomic E-state index is -3.71. The average Bonchev–Trinajstić information content (AvgIpc) is 2.25. The molecule has 0 aliphatic carbocycles. The van der Waals surface area contributed by atoms with Crippen LogP contribution in [0.25, 0.3) is 0 Å². The maximum Gasteiger partial charge on any atom is 0.531 e. The van der Waals surface area contributed by atoms with Gasteiger partial charge in [0.2, 0.25) is 0 Å². The Hall–Kier alpha value is -0.640. The topological polar surface area (TPSA) is 61.8 Å². The first-order valence-electron chi connectivity index (χ1n) is 4.60. The minimum Gasteiger partial charge on any atom is -0.367 e. The summed E-state index contributed by atoms with van der Waals surface area (Å²) >= 11 is 0. The van der Waals surface area contributed by atoms with Gasteiger partial charge in [-0.25, -0.2) is 9.36 Å². The van der Waals surface area contributed by atoms with Crippen LogP contribution >= 0.6 is 7.82 Å². The molecule has 0 aromatic rings. The van der Waals surface area contributed by atoms with Gasteiger partial charge in [-0.2, -0.15) is 0 Å². The minimum absolute atomic E-state index is 0.266. The van der Waals surface area contributed by atoms with Crippen LogP contribution < -0.4 is 0 Å². The van der Waals surface area contributed by atoms with E-state index < -0.39 is 13.8 Å². The maximum absolute atomic E-state index is 11.4. The lowest BCUT2D eigenvalue weighted by atomic mass is 10.1. The molecule has 1 atom stereocenters. The number of carbonyl (C=O) groups is 1. The molecule has 6 heteroatoms. The van der Waals surface area contributed by atoms with Crippen molar-refractivity contribution in [2.75, 3.05) is 14.2 Å². The SMILES string of the molecule is CCC(C)C=CC(=O)OP(=O)(OC)OC. The molecule has 0 radical (unpaired) electrons. The van der Waals surface area contributed by atoms with E-state index in [1.807, 2.05) is 13.8 Å². The average molecular weight is 236 g/mol. The van der Waals surface area contributed by atoms with Crippen LogP contribution in [-0.2, 0) is 22.9 Å². The molecule has 0 saturated heterocycles. The molecule has 0 saturated carbocycles. The zero-order valence-electron chi connectivity index (χ0n) is 9.43. The van der Waals surface area contributed by atoms with Gasteiger partial charge in [-0.1, -0.05) is 26.3 Å². The fourth-order valence-electron chi connectivity index (χ4n) is 0.669. The van der Waals surface area contributed by atoms with E-state index in [1.54, 1.807) is 6.08 Å². The Labute approximate surface area is 90.0 Å². The smallest absolute Gasteiger partial charge is 0.367 e. The molecule has 0 N–H and O–H groups in total. The van der Waals surface area contributed by atoms with Gasteiger partial charge in [0.15, 0.2) is 0 Å². The lowest BCUT2D eigenvalue weighted by molar-refractivity contribution is -0.130. The monoisotopic (exact) mass is 236 g/mol. The van der Waals surface area contributed by atoms with Crippen LogP contribution in [0.15, 0.2) is 12.2 Å². The van der Waals surface area contributed by atoms with Crippen molar-refractivity contribution in [2.24, 2.45) is 5.92 Å². The second kappa shape index (κ2) is 6.77. The van der Waals surface area contributed by atoms with Crippen LogP contribution in [0.5, 0.6) is 0 Å². The first-order valence-corrected chi connectivity index (χ1v) is 6.06. The third kappa shape index (κ3) is 5.72. The fraction of sp³-hybridized carbons (Fsp3) is 0.667. The molecule has 0 bridgehead atoms. The van der Waals surface area contributed by atoms with Crippen LogP contribution in [0.1, 0.15) is 20.3 Å². The van der Waals surface area contributed by atoms with E-state index in [0.29, 0.717) is 0 Å². The molecule has 0 aliphatic heterocycles. The molecule has 0 fully saturated rings. The van der Waals surface area contributed by atoms with Gasteiger partial charge in [-0.05, 0) is 5.92 Å². The van der Waals surface area contributed by atoms with E-state index in [4.69, 9.17) is 0 Å². The molecule has 0 aromatic heterocycles. The highest BCUT2D eigenvalue weighted by molar-refractivity contribution is 7.49. The number of carbonyl (C=O) groups excluding carboxylic acids is 1. The Morgan fingerprint density at radius 2 is 1.93 bits per heavy atom. The van der Waals surface area contributed by atoms with Gasteiger partial charge >= 0.3 is 13.8 Å². The van der Waals surface area contributed by atoms with Crippen LogP contribution in [0.4, 0.5) is 0 Å². The Bertz CT molecular complexity index is 266. The van der Waals surface area contributed by atoms with Gasteiger partial charge in [0.1, 0.15) is 0 Å². The maximum atomic E-state index is 11.4. The summed E-state index contributed by atoms with van der Waals surface area (Å²) in [6.45, 7) is 3.95. The first kappa shape index (κ1) is 14.4. The van der Waals surface area contributed by atoms with Crippen molar-refractivity contribution in [3.05, 3.63) is 12.2 Å². The second-order valence-corrected chi connectivity index (χ2v) is 4.77. The molecule has 88 valence electrons. The van der Waals surface area contributed by atoms with Crippen molar-refractivity contribution in [3.8, 4) is 0 Å². The summed E-state index contributed by atoms with van der Waals surface area (Å²) in [7, 11) is -1.41. The first-order chi connectivity index (χ1) is 6.97. The molecule has 0 heterocycles. The van der Waals surface area contributed by atoms with E-state index in [-0.39, 0.29) is 5.92 Å². The van der Waals surface area contributed by atoms with E-state index >= 15 is 0 Å². The highest BCUT2D eigenvalue weighted by Gasteiger charge is 2.26. The zero-order chi connectivity index (χ0) is 11.9. The molecule has 0 rings (SSSR count). The normalized spacial score (nSPS) is 14.1. The zero-order valence-corrected chi connectivity index (χ0v) is 10.3. The predicted molar refractivity (Wildman–Crippen MR) is 56.3 cm³/mol. The lowest BCUT2D eigenvalue weighted by Crippen LogP contribution is -2.02. The molecule has 15 heavy (non-hydrogen) atoms. The molecular formula is C9H17O5P. The summed E-state index contributed by atoms with van der Waals surface area (Å²) in [5, 5.41) is 0. The van der Waals surface area contributed by atoms with Crippen molar-refractivity contribution in [1.29, 1.82) is 0 Å². The van der Waals surface area contributed by atoms with Gasteiger partial charge in [-0.15, -0.1) is 0 Å². The molecule has 0 aromatic carbocycles. The largest absolute Gasteiger partial charge is 0.531 e. The summed E-state index contributed by atoms with van der Waals surface area (Å²) < 4.78 is 24.8. The number of rotatable bonds is 6. The second-order valence-electron chi connectivity index (χ2n) is 2.97. The van der Waals surface area contributed by atoms with Crippen molar-refractivity contribution < 1.29 is 22.9 Å². The highest BCUT2D eigenvalue weighted by Crippen LogP contribution is 2.47. The summed E-state index contributed by atoms with van der Waals surface area (Å²) in [6.07, 6.45) is 3.81. The van der Waals surface area contributed by atoms with Crippen LogP contribution in [0, 0.1) is 5.92 Å². The fourth-order valence-corrected chi connectivity index (χ4v) is 1.25. The standard InChI is InChI=1S/C9H17O5P/c1-5-8(2)6-7-9(10)14-15(11,12-3)13-4/h6-8H,5H2,1-4H3. The van der Waals surface area contributed by atoms with E-state index in [0.717, 1.165) is 20.6 Å². The van der Waals surface area contributed by atoms with E-state index in [9.17, 15) is 9.36 Å². The molecule has 0 amide bonds. The van der Waals surface area contributed by atoms with Gasteiger partial charge in [-0.3, -0.25) is 9.05 Å². The van der Waals surface area contributed by atoms with Gasteiger partial charge < -0.3 is 4.52 Å². The highest BCUT2D eigenvalue weighted by atomic mass is 31.2. The molecule has 0 spiro atoms. The van der Waals surface area contributed by atoms with Gasteiger partial charge in [0.05, 0.1) is 0 Å². The predicted octanol–water partition coefficient (Wildman–Crippen LogP) is 2.53. The molecule has 5 nitrogen and oxygen atoms in total. The number of hydrogen-bond donors (Lipinski definition) is 0.